The van der Waals surface area contributed by atoms with E-state index in [-0.39, 0.29) is 25.0 Å². The molecule has 0 spiro atoms. The van der Waals surface area contributed by atoms with Gasteiger partial charge in [0.05, 0.1) is 0 Å². The van der Waals surface area contributed by atoms with E-state index in [4.69, 9.17) is 16.3 Å². The van der Waals surface area contributed by atoms with Crippen molar-refractivity contribution in [3.63, 3.8) is 0 Å². The van der Waals surface area contributed by atoms with E-state index in [9.17, 15) is 9.59 Å². The number of hydrogen-bond acceptors (Lipinski definition) is 3. The van der Waals surface area contributed by atoms with Gasteiger partial charge in [-0.05, 0) is 35.4 Å². The van der Waals surface area contributed by atoms with E-state index >= 15 is 0 Å². The largest absolute Gasteiger partial charge is 0.484 e. The molecular weight excluding hydrogens is 412 g/mol. The first-order valence-corrected chi connectivity index (χ1v) is 10.4. The van der Waals surface area contributed by atoms with Gasteiger partial charge in [-0.25, -0.2) is 0 Å². The number of hydrogen-bond donors (Lipinski definition) is 1. The molecule has 160 valence electrons. The zero-order chi connectivity index (χ0) is 22.1. The monoisotopic (exact) mass is 436 g/mol. The number of nitrogens with zero attached hydrogens (tertiary/aromatic N) is 1. The lowest BCUT2D eigenvalue weighted by atomic mass is 10.0. The molecule has 0 saturated heterocycles. The van der Waals surface area contributed by atoms with Crippen LogP contribution in [-0.4, -0.2) is 36.4 Å². The predicted octanol–water partition coefficient (Wildman–Crippen LogP) is 4.10. The summed E-state index contributed by atoms with van der Waals surface area (Å²) in [6.45, 7) is 0.0962. The summed E-state index contributed by atoms with van der Waals surface area (Å²) in [7, 11) is 1.58. The van der Waals surface area contributed by atoms with Gasteiger partial charge in [0.1, 0.15) is 11.8 Å². The van der Waals surface area contributed by atoms with Crippen molar-refractivity contribution < 1.29 is 14.3 Å². The van der Waals surface area contributed by atoms with E-state index in [2.05, 4.69) is 5.32 Å². The average Bonchev–Trinajstić information content (AvgIpc) is 2.81. The highest BCUT2D eigenvalue weighted by Crippen LogP contribution is 2.17. The van der Waals surface area contributed by atoms with E-state index in [1.165, 1.54) is 0 Å². The van der Waals surface area contributed by atoms with Crippen LogP contribution in [0, 0.1) is 0 Å². The molecule has 0 aliphatic rings. The molecule has 0 aromatic heterocycles. The Hall–Kier alpha value is -3.31. The summed E-state index contributed by atoms with van der Waals surface area (Å²) in [4.78, 5) is 27.6. The van der Waals surface area contributed by atoms with E-state index in [1.54, 1.807) is 36.2 Å². The zero-order valence-electron chi connectivity index (χ0n) is 17.3. The minimum absolute atomic E-state index is 0.167. The van der Waals surface area contributed by atoms with Gasteiger partial charge in [0.25, 0.3) is 5.91 Å². The Kier molecular flexibility index (Phi) is 8.07. The third-order valence-corrected chi connectivity index (χ3v) is 5.14. The Morgan fingerprint density at radius 2 is 1.52 bits per heavy atom. The standard InChI is InChI=1S/C25H25ClN2O3/c1-27-25(30)23(16-19-8-4-2-5-9-19)28(17-20-12-14-21(26)15-13-20)24(29)18-31-22-10-6-3-7-11-22/h2-15,23H,16-18H2,1H3,(H,27,30)/t23-/m0/s1. The van der Waals surface area contributed by atoms with Crippen molar-refractivity contribution in [1.82, 2.24) is 10.2 Å². The fourth-order valence-corrected chi connectivity index (χ4v) is 3.38. The van der Waals surface area contributed by atoms with Gasteiger partial charge in [0, 0.05) is 25.0 Å². The number of benzene rings is 3. The molecule has 5 nitrogen and oxygen atoms in total. The SMILES string of the molecule is CNC(=O)[C@H](Cc1ccccc1)N(Cc1ccc(Cl)cc1)C(=O)COc1ccccc1. The number of likely N-dealkylation sites (N-methyl/N-ethyl adjacent to an activating group) is 1. The van der Waals surface area contributed by atoms with Crippen LogP contribution < -0.4 is 10.1 Å². The maximum absolute atomic E-state index is 13.2. The molecule has 0 fully saturated rings. The molecule has 6 heteroatoms. The molecule has 1 atom stereocenters. The summed E-state index contributed by atoms with van der Waals surface area (Å²) in [5.41, 5.74) is 1.84. The summed E-state index contributed by atoms with van der Waals surface area (Å²) in [5.74, 6) is 0.0936. The van der Waals surface area contributed by atoms with Crippen LogP contribution >= 0.6 is 11.6 Å². The van der Waals surface area contributed by atoms with Crippen LogP contribution in [0.15, 0.2) is 84.9 Å². The zero-order valence-corrected chi connectivity index (χ0v) is 18.1. The van der Waals surface area contributed by atoms with Crippen molar-refractivity contribution >= 4 is 23.4 Å². The molecule has 31 heavy (non-hydrogen) atoms. The van der Waals surface area contributed by atoms with Crippen LogP contribution in [0.3, 0.4) is 0 Å². The first-order valence-electron chi connectivity index (χ1n) is 10.0. The number of ether oxygens (including phenoxy) is 1. The Morgan fingerprint density at radius 1 is 0.903 bits per heavy atom. The van der Waals surface area contributed by atoms with Crippen LogP contribution in [0.1, 0.15) is 11.1 Å². The van der Waals surface area contributed by atoms with Gasteiger partial charge in [0.2, 0.25) is 5.91 Å². The molecule has 0 aliphatic carbocycles. The highest BCUT2D eigenvalue weighted by Gasteiger charge is 2.30. The van der Waals surface area contributed by atoms with E-state index in [0.717, 1.165) is 11.1 Å². The first-order chi connectivity index (χ1) is 15.1. The van der Waals surface area contributed by atoms with Crippen molar-refractivity contribution in [3.8, 4) is 5.75 Å². The van der Waals surface area contributed by atoms with Crippen molar-refractivity contribution in [2.75, 3.05) is 13.7 Å². The third kappa shape index (κ3) is 6.59. The van der Waals surface area contributed by atoms with Crippen molar-refractivity contribution in [3.05, 3.63) is 101 Å². The molecule has 0 aliphatic heterocycles. The first kappa shape index (κ1) is 22.4. The number of carbonyl (C=O) groups excluding carboxylic acids is 2. The summed E-state index contributed by atoms with van der Waals surface area (Å²) in [5, 5.41) is 3.31. The van der Waals surface area contributed by atoms with Crippen molar-refractivity contribution in [1.29, 1.82) is 0 Å². The van der Waals surface area contributed by atoms with Crippen LogP contribution in [0.4, 0.5) is 0 Å². The summed E-state index contributed by atoms with van der Waals surface area (Å²) < 4.78 is 5.68. The highest BCUT2D eigenvalue weighted by molar-refractivity contribution is 6.30. The molecule has 0 bridgehead atoms. The van der Waals surface area contributed by atoms with Gasteiger partial charge in [-0.3, -0.25) is 9.59 Å². The minimum atomic E-state index is -0.685. The quantitative estimate of drug-likeness (QED) is 0.549. The number of amides is 2. The van der Waals surface area contributed by atoms with Crippen molar-refractivity contribution in [2.45, 2.75) is 19.0 Å². The molecule has 1 N–H and O–H groups in total. The van der Waals surface area contributed by atoms with Gasteiger partial charge in [0.15, 0.2) is 6.61 Å². The molecule has 0 heterocycles. The lowest BCUT2D eigenvalue weighted by Gasteiger charge is -2.31. The number of nitrogens with one attached hydrogen (secondary N) is 1. The van der Waals surface area contributed by atoms with Gasteiger partial charge < -0.3 is 15.0 Å². The lowest BCUT2D eigenvalue weighted by Crippen LogP contribution is -2.51. The van der Waals surface area contributed by atoms with Gasteiger partial charge >= 0.3 is 0 Å². The predicted molar refractivity (Wildman–Crippen MR) is 122 cm³/mol. The van der Waals surface area contributed by atoms with E-state index < -0.39 is 6.04 Å². The Bertz CT molecular complexity index is 979. The van der Waals surface area contributed by atoms with Crippen LogP contribution in [0.25, 0.3) is 0 Å². The van der Waals surface area contributed by atoms with E-state index in [0.29, 0.717) is 17.2 Å². The van der Waals surface area contributed by atoms with Crippen LogP contribution in [0.5, 0.6) is 5.75 Å². The highest BCUT2D eigenvalue weighted by atomic mass is 35.5. The summed E-state index contributed by atoms with van der Waals surface area (Å²) >= 11 is 6.01. The number of carbonyl (C=O) groups is 2. The van der Waals surface area contributed by atoms with Crippen LogP contribution in [-0.2, 0) is 22.6 Å². The van der Waals surface area contributed by atoms with Gasteiger partial charge in [-0.15, -0.1) is 0 Å². The number of para-hydroxylation sites is 1. The Labute approximate surface area is 187 Å². The normalized spacial score (nSPS) is 11.4. The molecule has 3 rings (SSSR count). The van der Waals surface area contributed by atoms with Crippen LogP contribution in [0.2, 0.25) is 5.02 Å². The minimum Gasteiger partial charge on any atom is -0.484 e. The maximum atomic E-state index is 13.2. The fraction of sp³-hybridized carbons (Fsp3) is 0.200. The molecule has 2 amide bonds. The summed E-state index contributed by atoms with van der Waals surface area (Å²) in [6.07, 6.45) is 0.394. The van der Waals surface area contributed by atoms with Gasteiger partial charge in [-0.1, -0.05) is 72.3 Å². The number of halogens is 1. The smallest absolute Gasteiger partial charge is 0.261 e. The maximum Gasteiger partial charge on any atom is 0.261 e. The molecule has 3 aromatic carbocycles. The second-order valence-electron chi connectivity index (χ2n) is 7.07. The van der Waals surface area contributed by atoms with Gasteiger partial charge in [-0.2, -0.15) is 0 Å². The summed E-state index contributed by atoms with van der Waals surface area (Å²) in [6, 6.07) is 25.3. The molecular formula is C25H25ClN2O3. The molecule has 0 saturated carbocycles. The average molecular weight is 437 g/mol. The Balaban J connectivity index is 1.86. The fourth-order valence-electron chi connectivity index (χ4n) is 3.25. The van der Waals surface area contributed by atoms with E-state index in [1.807, 2.05) is 60.7 Å². The second-order valence-corrected chi connectivity index (χ2v) is 7.51. The number of rotatable bonds is 9. The topological polar surface area (TPSA) is 58.6 Å². The molecule has 3 aromatic rings. The molecule has 0 radical (unpaired) electrons. The molecule has 0 unspecified atom stereocenters. The second kappa shape index (κ2) is 11.2. The third-order valence-electron chi connectivity index (χ3n) is 4.89. The lowest BCUT2D eigenvalue weighted by molar-refractivity contribution is -0.142. The van der Waals surface area contributed by atoms with Crippen molar-refractivity contribution in [2.24, 2.45) is 0 Å². The Morgan fingerprint density at radius 3 is 2.13 bits per heavy atom.